The van der Waals surface area contributed by atoms with Gasteiger partial charge in [-0.3, -0.25) is 9.59 Å². The summed E-state index contributed by atoms with van der Waals surface area (Å²) in [5.74, 6) is 1.32. The molecule has 2 atom stereocenters. The first-order valence-electron chi connectivity index (χ1n) is 8.37. The maximum absolute atomic E-state index is 12.7. The third-order valence-electron chi connectivity index (χ3n) is 4.46. The lowest BCUT2D eigenvalue weighted by molar-refractivity contribution is -0.121. The van der Waals surface area contributed by atoms with E-state index in [1.165, 1.54) is 11.1 Å². The van der Waals surface area contributed by atoms with Crippen molar-refractivity contribution in [2.45, 2.75) is 32.7 Å². The predicted octanol–water partition coefficient (Wildman–Crippen LogP) is 2.05. The standard InChI is InChI=1S/C18H23N5O2/c1-11-7-14(10-23-9-12(2)20-16(11)23)17(24)21-15-8-13(5-6-19-15)18(25)22(3)4/h5-6,8-9,11,14H,7,10H2,1-4H3,(H,19,21,24)/t11-,14+/m1/s1. The van der Waals surface area contributed by atoms with Crippen LogP contribution in [0.3, 0.4) is 0 Å². The van der Waals surface area contributed by atoms with Crippen LogP contribution in [-0.2, 0) is 11.3 Å². The van der Waals surface area contributed by atoms with E-state index in [2.05, 4.69) is 26.8 Å². The zero-order chi connectivity index (χ0) is 18.1. The maximum Gasteiger partial charge on any atom is 0.253 e. The van der Waals surface area contributed by atoms with Gasteiger partial charge in [-0.05, 0) is 25.5 Å². The molecule has 0 bridgehead atoms. The van der Waals surface area contributed by atoms with Crippen LogP contribution in [0.15, 0.2) is 24.5 Å². The van der Waals surface area contributed by atoms with Gasteiger partial charge in [0.05, 0.1) is 11.6 Å². The number of amides is 2. The van der Waals surface area contributed by atoms with Gasteiger partial charge in [0.15, 0.2) is 0 Å². The van der Waals surface area contributed by atoms with Gasteiger partial charge in [-0.2, -0.15) is 0 Å². The third-order valence-corrected chi connectivity index (χ3v) is 4.46. The summed E-state index contributed by atoms with van der Waals surface area (Å²) in [6, 6.07) is 3.25. The fourth-order valence-electron chi connectivity index (χ4n) is 3.26. The Kier molecular flexibility index (Phi) is 4.57. The molecular weight excluding hydrogens is 318 g/mol. The molecule has 0 fully saturated rings. The molecule has 3 rings (SSSR count). The van der Waals surface area contributed by atoms with Crippen LogP contribution in [-0.4, -0.2) is 45.3 Å². The first kappa shape index (κ1) is 17.1. The minimum Gasteiger partial charge on any atom is -0.345 e. The molecule has 3 heterocycles. The average molecular weight is 341 g/mol. The van der Waals surface area contributed by atoms with Gasteiger partial charge in [0.25, 0.3) is 5.91 Å². The molecule has 132 valence electrons. The van der Waals surface area contributed by atoms with Crippen molar-refractivity contribution in [1.29, 1.82) is 0 Å². The highest BCUT2D eigenvalue weighted by molar-refractivity contribution is 5.96. The number of carbonyl (C=O) groups excluding carboxylic acids is 2. The van der Waals surface area contributed by atoms with Crippen molar-refractivity contribution in [3.05, 3.63) is 41.6 Å². The summed E-state index contributed by atoms with van der Waals surface area (Å²) in [4.78, 5) is 34.9. The van der Waals surface area contributed by atoms with Crippen LogP contribution in [0.2, 0.25) is 0 Å². The zero-order valence-corrected chi connectivity index (χ0v) is 15.0. The number of aryl methyl sites for hydroxylation is 1. The molecule has 2 amide bonds. The van der Waals surface area contributed by atoms with Crippen molar-refractivity contribution in [1.82, 2.24) is 19.4 Å². The van der Waals surface area contributed by atoms with E-state index in [9.17, 15) is 9.59 Å². The molecule has 0 unspecified atom stereocenters. The summed E-state index contributed by atoms with van der Waals surface area (Å²) in [6.07, 6.45) is 4.27. The van der Waals surface area contributed by atoms with Crippen molar-refractivity contribution in [3.8, 4) is 0 Å². The Hall–Kier alpha value is -2.70. The number of aromatic nitrogens is 3. The van der Waals surface area contributed by atoms with Gasteiger partial charge >= 0.3 is 0 Å². The minimum absolute atomic E-state index is 0.0780. The molecule has 0 radical (unpaired) electrons. The Bertz CT molecular complexity index is 812. The Labute approximate surface area is 147 Å². The monoisotopic (exact) mass is 341 g/mol. The van der Waals surface area contributed by atoms with E-state index in [4.69, 9.17) is 0 Å². The van der Waals surface area contributed by atoms with Crippen molar-refractivity contribution in [2.24, 2.45) is 5.92 Å². The molecule has 1 aliphatic rings. The molecule has 0 aliphatic carbocycles. The van der Waals surface area contributed by atoms with E-state index in [0.717, 1.165) is 17.9 Å². The topological polar surface area (TPSA) is 80.1 Å². The number of imidazole rings is 1. The number of carbonyl (C=O) groups is 2. The van der Waals surface area contributed by atoms with Crippen molar-refractivity contribution in [2.75, 3.05) is 19.4 Å². The third kappa shape index (κ3) is 3.55. The molecule has 7 heteroatoms. The summed E-state index contributed by atoms with van der Waals surface area (Å²) >= 11 is 0. The van der Waals surface area contributed by atoms with E-state index in [0.29, 0.717) is 17.9 Å². The lowest BCUT2D eigenvalue weighted by Gasteiger charge is -2.27. The fraction of sp³-hybridized carbons (Fsp3) is 0.444. The molecule has 25 heavy (non-hydrogen) atoms. The molecule has 0 saturated heterocycles. The van der Waals surface area contributed by atoms with Crippen LogP contribution in [0.1, 0.15) is 41.1 Å². The molecule has 0 spiro atoms. The lowest BCUT2D eigenvalue weighted by atomic mass is 9.91. The van der Waals surface area contributed by atoms with E-state index in [-0.39, 0.29) is 23.7 Å². The second-order valence-corrected chi connectivity index (χ2v) is 6.85. The van der Waals surface area contributed by atoms with Crippen molar-refractivity contribution >= 4 is 17.6 Å². The van der Waals surface area contributed by atoms with Crippen LogP contribution in [0, 0.1) is 12.8 Å². The van der Waals surface area contributed by atoms with Gasteiger partial charge in [-0.25, -0.2) is 9.97 Å². The summed E-state index contributed by atoms with van der Waals surface area (Å²) in [6.45, 7) is 4.67. The Balaban J connectivity index is 1.73. The average Bonchev–Trinajstić information content (AvgIpc) is 2.95. The number of hydrogen-bond acceptors (Lipinski definition) is 4. The summed E-state index contributed by atoms with van der Waals surface area (Å²) in [7, 11) is 3.38. The fourth-order valence-corrected chi connectivity index (χ4v) is 3.26. The van der Waals surface area contributed by atoms with E-state index in [1.54, 1.807) is 26.2 Å². The largest absolute Gasteiger partial charge is 0.345 e. The van der Waals surface area contributed by atoms with Gasteiger partial charge in [0.2, 0.25) is 5.91 Å². The van der Waals surface area contributed by atoms with Gasteiger partial charge in [-0.1, -0.05) is 6.92 Å². The highest BCUT2D eigenvalue weighted by Crippen LogP contribution is 2.30. The predicted molar refractivity (Wildman–Crippen MR) is 94.4 cm³/mol. The van der Waals surface area contributed by atoms with Crippen molar-refractivity contribution < 1.29 is 9.59 Å². The SMILES string of the molecule is Cc1cn2c(n1)[C@H](C)C[C@H](C(=O)Nc1cc(C(=O)N(C)C)ccn1)C2. The van der Waals surface area contributed by atoms with Gasteiger partial charge in [0, 0.05) is 44.5 Å². The van der Waals surface area contributed by atoms with Crippen LogP contribution < -0.4 is 5.32 Å². The molecule has 7 nitrogen and oxygen atoms in total. The summed E-state index contributed by atoms with van der Waals surface area (Å²) < 4.78 is 2.06. The number of rotatable bonds is 3. The summed E-state index contributed by atoms with van der Waals surface area (Å²) in [5.41, 5.74) is 1.47. The quantitative estimate of drug-likeness (QED) is 0.926. The maximum atomic E-state index is 12.7. The number of hydrogen-bond donors (Lipinski definition) is 1. The van der Waals surface area contributed by atoms with Gasteiger partial charge in [0.1, 0.15) is 11.6 Å². The second kappa shape index (κ2) is 6.66. The second-order valence-electron chi connectivity index (χ2n) is 6.85. The first-order valence-corrected chi connectivity index (χ1v) is 8.37. The van der Waals surface area contributed by atoms with Crippen molar-refractivity contribution in [3.63, 3.8) is 0 Å². The molecular formula is C18H23N5O2. The molecule has 0 aromatic carbocycles. The van der Waals surface area contributed by atoms with E-state index < -0.39 is 0 Å². The lowest BCUT2D eigenvalue weighted by Crippen LogP contribution is -2.32. The Morgan fingerprint density at radius 3 is 2.84 bits per heavy atom. The Morgan fingerprint density at radius 1 is 1.36 bits per heavy atom. The van der Waals surface area contributed by atoms with E-state index >= 15 is 0 Å². The zero-order valence-electron chi connectivity index (χ0n) is 15.0. The minimum atomic E-state index is -0.147. The van der Waals surface area contributed by atoms with Crippen LogP contribution in [0.5, 0.6) is 0 Å². The highest BCUT2D eigenvalue weighted by Gasteiger charge is 2.30. The smallest absolute Gasteiger partial charge is 0.253 e. The highest BCUT2D eigenvalue weighted by atomic mass is 16.2. The van der Waals surface area contributed by atoms with Gasteiger partial charge in [-0.15, -0.1) is 0 Å². The number of pyridine rings is 1. The molecule has 1 N–H and O–H groups in total. The number of nitrogens with one attached hydrogen (secondary N) is 1. The molecule has 1 aliphatic heterocycles. The van der Waals surface area contributed by atoms with Gasteiger partial charge < -0.3 is 14.8 Å². The molecule has 2 aromatic heterocycles. The van der Waals surface area contributed by atoms with Crippen LogP contribution in [0.25, 0.3) is 0 Å². The summed E-state index contributed by atoms with van der Waals surface area (Å²) in [5, 5.41) is 2.85. The molecule has 0 saturated carbocycles. The first-order chi connectivity index (χ1) is 11.8. The number of fused-ring (bicyclic) bond motifs is 1. The van der Waals surface area contributed by atoms with Crippen LogP contribution >= 0.6 is 0 Å². The number of anilines is 1. The van der Waals surface area contributed by atoms with Crippen LogP contribution in [0.4, 0.5) is 5.82 Å². The Morgan fingerprint density at radius 2 is 2.12 bits per heavy atom. The normalized spacial score (nSPS) is 19.2. The number of nitrogens with zero attached hydrogens (tertiary/aromatic N) is 4. The molecule has 2 aromatic rings. The van der Waals surface area contributed by atoms with E-state index in [1.807, 2.05) is 13.1 Å².